The van der Waals surface area contributed by atoms with Crippen molar-refractivity contribution >= 4 is 21.6 Å². The first-order chi connectivity index (χ1) is 13.9. The monoisotopic (exact) mass is 413 g/mol. The summed E-state index contributed by atoms with van der Waals surface area (Å²) in [5.74, 6) is -0.484. The fourth-order valence-electron chi connectivity index (χ4n) is 2.81. The van der Waals surface area contributed by atoms with E-state index < -0.39 is 26.9 Å². The Morgan fingerprint density at radius 2 is 1.86 bits per heavy atom. The van der Waals surface area contributed by atoms with Gasteiger partial charge in [0.1, 0.15) is 11.1 Å². The number of hydrogen-bond donors (Lipinski definition) is 2. The maximum atomic E-state index is 13.6. The molecule has 0 fully saturated rings. The van der Waals surface area contributed by atoms with Crippen LogP contribution in [0.2, 0.25) is 0 Å². The molecule has 0 saturated carbocycles. The molecule has 1 aromatic heterocycles. The van der Waals surface area contributed by atoms with Crippen LogP contribution in [0.3, 0.4) is 0 Å². The molecule has 0 aliphatic rings. The molecular weight excluding hydrogens is 393 g/mol. The summed E-state index contributed by atoms with van der Waals surface area (Å²) in [6.07, 6.45) is 2.97. The predicted octanol–water partition coefficient (Wildman–Crippen LogP) is 3.87. The number of nitrogens with zero attached hydrogens (tertiary/aromatic N) is 1. The maximum absolute atomic E-state index is 13.6. The van der Waals surface area contributed by atoms with E-state index in [4.69, 9.17) is 0 Å². The third-order valence-corrected chi connectivity index (χ3v) is 6.47. The number of rotatable bonds is 6. The van der Waals surface area contributed by atoms with Crippen LogP contribution in [-0.2, 0) is 9.84 Å². The number of nitrogens with one attached hydrogen (secondary N) is 2. The first kappa shape index (κ1) is 20.5. The molecule has 2 N–H and O–H groups in total. The molecular formula is C21H20FN3O3S. The minimum atomic E-state index is -3.91. The first-order valence-corrected chi connectivity index (χ1v) is 10.4. The highest BCUT2D eigenvalue weighted by Gasteiger charge is 2.30. The van der Waals surface area contributed by atoms with Gasteiger partial charge in [-0.2, -0.15) is 0 Å². The number of aromatic nitrogens is 1. The van der Waals surface area contributed by atoms with Crippen molar-refractivity contribution in [2.24, 2.45) is 0 Å². The van der Waals surface area contributed by atoms with Crippen molar-refractivity contribution in [3.8, 4) is 0 Å². The van der Waals surface area contributed by atoms with Crippen molar-refractivity contribution in [2.75, 3.05) is 11.9 Å². The summed E-state index contributed by atoms with van der Waals surface area (Å²) in [5, 5.41) is 4.17. The molecule has 0 radical (unpaired) electrons. The second-order valence-corrected chi connectivity index (χ2v) is 8.56. The number of sulfone groups is 1. The van der Waals surface area contributed by atoms with Crippen LogP contribution < -0.4 is 10.6 Å². The van der Waals surface area contributed by atoms with Gasteiger partial charge in [0.2, 0.25) is 0 Å². The summed E-state index contributed by atoms with van der Waals surface area (Å²) < 4.78 is 40.1. The van der Waals surface area contributed by atoms with Crippen LogP contribution in [0.4, 0.5) is 14.9 Å². The number of urea groups is 1. The van der Waals surface area contributed by atoms with Gasteiger partial charge in [-0.3, -0.25) is 4.98 Å². The zero-order valence-electron chi connectivity index (χ0n) is 15.7. The highest BCUT2D eigenvalue weighted by Crippen LogP contribution is 2.29. The van der Waals surface area contributed by atoms with Gasteiger partial charge in [-0.15, -0.1) is 0 Å². The third kappa shape index (κ3) is 4.97. The fourth-order valence-corrected chi connectivity index (χ4v) is 4.54. The summed E-state index contributed by atoms with van der Waals surface area (Å²) >= 11 is 0. The third-order valence-electron chi connectivity index (χ3n) is 4.37. The summed E-state index contributed by atoms with van der Waals surface area (Å²) in [6, 6.07) is 15.2. The highest BCUT2D eigenvalue weighted by molar-refractivity contribution is 7.91. The Hall–Kier alpha value is -3.26. The number of anilines is 1. The van der Waals surface area contributed by atoms with Gasteiger partial charge in [-0.05, 0) is 54.4 Å². The smallest absolute Gasteiger partial charge is 0.319 e. The average molecular weight is 413 g/mol. The van der Waals surface area contributed by atoms with Gasteiger partial charge in [0.25, 0.3) is 0 Å². The van der Waals surface area contributed by atoms with Crippen molar-refractivity contribution in [3.63, 3.8) is 0 Å². The van der Waals surface area contributed by atoms with Crippen molar-refractivity contribution in [3.05, 3.63) is 90.0 Å². The predicted molar refractivity (Wildman–Crippen MR) is 109 cm³/mol. The van der Waals surface area contributed by atoms with E-state index in [-0.39, 0.29) is 17.0 Å². The SMILES string of the molecule is Cc1cc(S(=O)(=O)C(CNC(=O)Nc2ccccc2)c2cccnc2)ccc1F. The Morgan fingerprint density at radius 3 is 2.52 bits per heavy atom. The summed E-state index contributed by atoms with van der Waals surface area (Å²) in [6.45, 7) is 1.32. The lowest BCUT2D eigenvalue weighted by molar-refractivity contribution is 0.252. The minimum Gasteiger partial charge on any atom is -0.336 e. The van der Waals surface area contributed by atoms with E-state index in [0.29, 0.717) is 11.3 Å². The average Bonchev–Trinajstić information content (AvgIpc) is 2.71. The summed E-state index contributed by atoms with van der Waals surface area (Å²) in [5.41, 5.74) is 1.24. The molecule has 0 bridgehead atoms. The molecule has 150 valence electrons. The van der Waals surface area contributed by atoms with Gasteiger partial charge >= 0.3 is 6.03 Å². The summed E-state index contributed by atoms with van der Waals surface area (Å²) in [7, 11) is -3.91. The second kappa shape index (κ2) is 8.83. The Kier molecular flexibility index (Phi) is 6.23. The minimum absolute atomic E-state index is 0.0180. The molecule has 3 aromatic rings. The van der Waals surface area contributed by atoms with Crippen LogP contribution >= 0.6 is 0 Å². The normalized spacial score (nSPS) is 12.2. The van der Waals surface area contributed by atoms with Crippen molar-refractivity contribution in [1.29, 1.82) is 0 Å². The van der Waals surface area contributed by atoms with Gasteiger partial charge in [0.15, 0.2) is 9.84 Å². The topological polar surface area (TPSA) is 88.2 Å². The van der Waals surface area contributed by atoms with Crippen molar-refractivity contribution < 1.29 is 17.6 Å². The zero-order valence-corrected chi connectivity index (χ0v) is 16.5. The van der Waals surface area contributed by atoms with Crippen molar-refractivity contribution in [1.82, 2.24) is 10.3 Å². The number of para-hydroxylation sites is 1. The lowest BCUT2D eigenvalue weighted by Gasteiger charge is -2.19. The van der Waals surface area contributed by atoms with E-state index in [1.165, 1.54) is 31.5 Å². The molecule has 0 spiro atoms. The Balaban J connectivity index is 1.85. The van der Waals surface area contributed by atoms with Gasteiger partial charge in [0, 0.05) is 24.6 Å². The van der Waals surface area contributed by atoms with Gasteiger partial charge in [0.05, 0.1) is 4.90 Å². The lowest BCUT2D eigenvalue weighted by atomic mass is 10.2. The number of benzene rings is 2. The molecule has 0 aliphatic heterocycles. The van der Waals surface area contributed by atoms with Gasteiger partial charge in [-0.1, -0.05) is 24.3 Å². The van der Waals surface area contributed by atoms with Crippen LogP contribution in [0.15, 0.2) is 78.0 Å². The lowest BCUT2D eigenvalue weighted by Crippen LogP contribution is -2.35. The van der Waals surface area contributed by atoms with E-state index in [1.54, 1.807) is 36.4 Å². The van der Waals surface area contributed by atoms with E-state index >= 15 is 0 Å². The molecule has 3 rings (SSSR count). The molecule has 29 heavy (non-hydrogen) atoms. The largest absolute Gasteiger partial charge is 0.336 e. The molecule has 0 aliphatic carbocycles. The van der Waals surface area contributed by atoms with Crippen LogP contribution in [0.25, 0.3) is 0 Å². The molecule has 0 saturated heterocycles. The van der Waals surface area contributed by atoms with E-state index in [2.05, 4.69) is 15.6 Å². The van der Waals surface area contributed by atoms with Crippen LogP contribution in [-0.4, -0.2) is 26.0 Å². The quantitative estimate of drug-likeness (QED) is 0.601. The van der Waals surface area contributed by atoms with Crippen LogP contribution in [0, 0.1) is 12.7 Å². The zero-order chi connectivity index (χ0) is 20.9. The number of aryl methyl sites for hydroxylation is 1. The molecule has 6 nitrogen and oxygen atoms in total. The number of carbonyl (C=O) groups is 1. The molecule has 1 atom stereocenters. The molecule has 2 aromatic carbocycles. The van der Waals surface area contributed by atoms with Crippen molar-refractivity contribution in [2.45, 2.75) is 17.1 Å². The standard InChI is InChI=1S/C21H20FN3O3S/c1-15-12-18(9-10-19(15)22)29(27,28)20(16-6-5-11-23-13-16)14-24-21(26)25-17-7-3-2-4-8-17/h2-13,20H,14H2,1H3,(H2,24,25,26). The number of hydrogen-bond acceptors (Lipinski definition) is 4. The Morgan fingerprint density at radius 1 is 1.10 bits per heavy atom. The summed E-state index contributed by atoms with van der Waals surface area (Å²) in [4.78, 5) is 16.2. The number of halogens is 1. The number of pyridine rings is 1. The van der Waals surface area contributed by atoms with Crippen LogP contribution in [0.1, 0.15) is 16.4 Å². The molecule has 1 unspecified atom stereocenters. The highest BCUT2D eigenvalue weighted by atomic mass is 32.2. The molecule has 2 amide bonds. The first-order valence-electron chi connectivity index (χ1n) is 8.88. The van der Waals surface area contributed by atoms with E-state index in [0.717, 1.165) is 6.07 Å². The van der Waals surface area contributed by atoms with Crippen LogP contribution in [0.5, 0.6) is 0 Å². The fraction of sp³-hybridized carbons (Fsp3) is 0.143. The number of carbonyl (C=O) groups excluding carboxylic acids is 1. The number of amides is 2. The van der Waals surface area contributed by atoms with E-state index in [1.807, 2.05) is 6.07 Å². The van der Waals surface area contributed by atoms with Gasteiger partial charge in [-0.25, -0.2) is 17.6 Å². The molecule has 1 heterocycles. The van der Waals surface area contributed by atoms with E-state index in [9.17, 15) is 17.6 Å². The Labute approximate surface area is 168 Å². The Bertz CT molecular complexity index is 1090. The maximum Gasteiger partial charge on any atom is 0.319 e. The molecule has 8 heteroatoms. The second-order valence-electron chi connectivity index (χ2n) is 6.43. The van der Waals surface area contributed by atoms with Gasteiger partial charge < -0.3 is 10.6 Å².